The Morgan fingerprint density at radius 1 is 1.23 bits per heavy atom. The zero-order chi connectivity index (χ0) is 16.5. The van der Waals surface area contributed by atoms with E-state index in [-0.39, 0.29) is 13.0 Å². The lowest BCUT2D eigenvalue weighted by atomic mass is 9.87. The normalized spacial score (nSPS) is 11.3. The molecule has 0 spiro atoms. The Labute approximate surface area is 128 Å². The number of carbonyl (C=O) groups is 2. The van der Waals surface area contributed by atoms with Gasteiger partial charge in [0.25, 0.3) is 0 Å². The number of hydrogen-bond acceptors (Lipinski definition) is 5. The number of carboxylic acids is 1. The Hall–Kier alpha value is -2.86. The third-order valence-corrected chi connectivity index (χ3v) is 3.12. The van der Waals surface area contributed by atoms with Crippen molar-refractivity contribution in [2.24, 2.45) is 5.92 Å². The molecule has 0 heterocycles. The van der Waals surface area contributed by atoms with Crippen molar-refractivity contribution in [1.29, 1.82) is 10.5 Å². The van der Waals surface area contributed by atoms with Crippen LogP contribution in [0.15, 0.2) is 24.3 Å². The van der Waals surface area contributed by atoms with Gasteiger partial charge in [-0.25, -0.2) is 0 Å². The van der Waals surface area contributed by atoms with Crippen LogP contribution < -0.4 is 0 Å². The largest absolute Gasteiger partial charge is 0.481 e. The Bertz CT molecular complexity index is 597. The smallest absolute Gasteiger partial charge is 0.315 e. The number of nitrogens with zero attached hydrogens (tertiary/aromatic N) is 2. The highest BCUT2D eigenvalue weighted by Crippen LogP contribution is 2.26. The van der Waals surface area contributed by atoms with E-state index in [1.165, 1.54) is 0 Å². The van der Waals surface area contributed by atoms with Crippen molar-refractivity contribution in [2.45, 2.75) is 25.7 Å². The lowest BCUT2D eigenvalue weighted by Gasteiger charge is -2.16. The third-order valence-electron chi connectivity index (χ3n) is 3.12. The van der Waals surface area contributed by atoms with Gasteiger partial charge in [0.2, 0.25) is 0 Å². The van der Waals surface area contributed by atoms with Gasteiger partial charge in [-0.15, -0.1) is 0 Å². The fourth-order valence-corrected chi connectivity index (χ4v) is 2.02. The van der Waals surface area contributed by atoms with Gasteiger partial charge in [0.1, 0.15) is 5.92 Å². The summed E-state index contributed by atoms with van der Waals surface area (Å²) in [5.74, 6) is -3.61. The Kier molecular flexibility index (Phi) is 6.59. The van der Waals surface area contributed by atoms with E-state index in [2.05, 4.69) is 0 Å². The van der Waals surface area contributed by atoms with Crippen LogP contribution in [0.3, 0.4) is 0 Å². The quantitative estimate of drug-likeness (QED) is 0.771. The summed E-state index contributed by atoms with van der Waals surface area (Å²) < 4.78 is 4.93. The molecule has 0 aliphatic carbocycles. The number of benzene rings is 1. The fraction of sp³-hybridized carbons (Fsp3) is 0.375. The average Bonchev–Trinajstić information content (AvgIpc) is 2.51. The lowest BCUT2D eigenvalue weighted by molar-refractivity contribution is -0.145. The molecule has 22 heavy (non-hydrogen) atoms. The molecule has 1 aromatic carbocycles. The summed E-state index contributed by atoms with van der Waals surface area (Å²) >= 11 is 0. The van der Waals surface area contributed by atoms with Crippen LogP contribution in [-0.2, 0) is 20.7 Å². The van der Waals surface area contributed by atoms with Crippen molar-refractivity contribution >= 4 is 11.9 Å². The zero-order valence-electron chi connectivity index (χ0n) is 12.2. The van der Waals surface area contributed by atoms with E-state index in [0.29, 0.717) is 12.0 Å². The van der Waals surface area contributed by atoms with Crippen LogP contribution in [0, 0.1) is 28.6 Å². The van der Waals surface area contributed by atoms with Crippen molar-refractivity contribution in [2.75, 3.05) is 6.61 Å². The minimum absolute atomic E-state index is 0.0136. The molecule has 0 saturated carbocycles. The highest BCUT2D eigenvalue weighted by molar-refractivity contribution is 5.79. The molecule has 0 aliphatic heterocycles. The molecule has 1 aromatic rings. The van der Waals surface area contributed by atoms with E-state index in [9.17, 15) is 9.59 Å². The van der Waals surface area contributed by atoms with E-state index < -0.39 is 23.8 Å². The second-order valence-electron chi connectivity index (χ2n) is 4.60. The zero-order valence-corrected chi connectivity index (χ0v) is 12.2. The SMILES string of the molecule is CCOC(=O)C(c1ccc(CCC(=O)O)cc1)C(C#N)C#N. The second-order valence-corrected chi connectivity index (χ2v) is 4.60. The Morgan fingerprint density at radius 3 is 2.27 bits per heavy atom. The monoisotopic (exact) mass is 300 g/mol. The van der Waals surface area contributed by atoms with Gasteiger partial charge in [0, 0.05) is 6.42 Å². The molecule has 0 aromatic heterocycles. The highest BCUT2D eigenvalue weighted by Gasteiger charge is 2.31. The number of hydrogen-bond donors (Lipinski definition) is 1. The average molecular weight is 300 g/mol. The summed E-state index contributed by atoms with van der Waals surface area (Å²) in [5, 5.41) is 26.7. The van der Waals surface area contributed by atoms with Gasteiger partial charge in [-0.3, -0.25) is 9.59 Å². The molecule has 0 fully saturated rings. The molecule has 114 valence electrons. The summed E-state index contributed by atoms with van der Waals surface area (Å²) in [6.07, 6.45) is 0.388. The van der Waals surface area contributed by atoms with Crippen molar-refractivity contribution in [1.82, 2.24) is 0 Å². The molecule has 0 saturated heterocycles. The molecule has 0 aliphatic rings. The van der Waals surface area contributed by atoms with Crippen LogP contribution in [0.2, 0.25) is 0 Å². The first-order chi connectivity index (χ1) is 10.5. The minimum atomic E-state index is -1.14. The van der Waals surface area contributed by atoms with E-state index >= 15 is 0 Å². The summed E-state index contributed by atoms with van der Waals surface area (Å²) in [6.45, 7) is 1.81. The minimum Gasteiger partial charge on any atom is -0.481 e. The van der Waals surface area contributed by atoms with E-state index in [4.69, 9.17) is 20.4 Å². The molecular weight excluding hydrogens is 284 g/mol. The Morgan fingerprint density at radius 2 is 1.82 bits per heavy atom. The molecule has 1 N–H and O–H groups in total. The maximum atomic E-state index is 12.0. The summed E-state index contributed by atoms with van der Waals surface area (Å²) in [4.78, 5) is 22.5. The maximum absolute atomic E-state index is 12.0. The number of carbonyl (C=O) groups excluding carboxylic acids is 1. The van der Waals surface area contributed by atoms with Gasteiger partial charge in [0.05, 0.1) is 18.7 Å². The second kappa shape index (κ2) is 8.43. The van der Waals surface area contributed by atoms with Crippen LogP contribution in [0.25, 0.3) is 0 Å². The van der Waals surface area contributed by atoms with Crippen molar-refractivity contribution in [3.8, 4) is 12.1 Å². The number of carboxylic acid groups (broad SMARTS) is 1. The Balaban J connectivity index is 3.00. The molecule has 0 bridgehead atoms. The predicted octanol–water partition coefficient (Wildman–Crippen LogP) is 2.01. The van der Waals surface area contributed by atoms with Crippen LogP contribution in [0.5, 0.6) is 0 Å². The topological polar surface area (TPSA) is 111 Å². The number of rotatable bonds is 7. The van der Waals surface area contributed by atoms with Crippen molar-refractivity contribution < 1.29 is 19.4 Å². The fourth-order valence-electron chi connectivity index (χ4n) is 2.02. The molecule has 1 unspecified atom stereocenters. The summed E-state index contributed by atoms with van der Waals surface area (Å²) in [5.41, 5.74) is 1.31. The molecule has 1 rings (SSSR count). The molecule has 6 nitrogen and oxygen atoms in total. The first-order valence-electron chi connectivity index (χ1n) is 6.80. The van der Waals surface area contributed by atoms with Crippen LogP contribution in [-0.4, -0.2) is 23.7 Å². The lowest BCUT2D eigenvalue weighted by Crippen LogP contribution is -2.22. The molecular formula is C16H16N2O4. The van der Waals surface area contributed by atoms with Gasteiger partial charge < -0.3 is 9.84 Å². The van der Waals surface area contributed by atoms with Gasteiger partial charge in [-0.2, -0.15) is 10.5 Å². The molecule has 6 heteroatoms. The first kappa shape index (κ1) is 17.2. The van der Waals surface area contributed by atoms with Crippen LogP contribution in [0.1, 0.15) is 30.4 Å². The number of nitriles is 2. The van der Waals surface area contributed by atoms with Crippen LogP contribution in [0.4, 0.5) is 0 Å². The summed E-state index contributed by atoms with van der Waals surface area (Å²) in [7, 11) is 0. The molecule has 0 amide bonds. The van der Waals surface area contributed by atoms with Crippen molar-refractivity contribution in [3.63, 3.8) is 0 Å². The van der Waals surface area contributed by atoms with Crippen molar-refractivity contribution in [3.05, 3.63) is 35.4 Å². The number of aryl methyl sites for hydroxylation is 1. The predicted molar refractivity (Wildman–Crippen MR) is 76.5 cm³/mol. The first-order valence-corrected chi connectivity index (χ1v) is 6.80. The standard InChI is InChI=1S/C16H16N2O4/c1-2-22-16(21)15(13(9-17)10-18)12-6-3-11(4-7-12)5-8-14(19)20/h3-4,6-7,13,15H,2,5,8H2,1H3,(H,19,20). The number of ether oxygens (including phenoxy) is 1. The van der Waals surface area contributed by atoms with E-state index in [1.807, 2.05) is 0 Å². The summed E-state index contributed by atoms with van der Waals surface area (Å²) in [6, 6.07) is 10.2. The van der Waals surface area contributed by atoms with Crippen LogP contribution >= 0.6 is 0 Å². The van der Waals surface area contributed by atoms with Gasteiger partial charge in [-0.1, -0.05) is 24.3 Å². The van der Waals surface area contributed by atoms with Gasteiger partial charge in [0.15, 0.2) is 5.92 Å². The van der Waals surface area contributed by atoms with Gasteiger partial charge in [-0.05, 0) is 24.5 Å². The molecule has 0 radical (unpaired) electrons. The van der Waals surface area contributed by atoms with E-state index in [0.717, 1.165) is 5.56 Å². The maximum Gasteiger partial charge on any atom is 0.315 e. The number of aliphatic carboxylic acids is 1. The number of esters is 1. The van der Waals surface area contributed by atoms with E-state index in [1.54, 1.807) is 43.3 Å². The molecule has 1 atom stereocenters. The highest BCUT2D eigenvalue weighted by atomic mass is 16.5. The third kappa shape index (κ3) is 4.60. The van der Waals surface area contributed by atoms with Gasteiger partial charge >= 0.3 is 11.9 Å².